The highest BCUT2D eigenvalue weighted by Crippen LogP contribution is 2.31. The summed E-state index contributed by atoms with van der Waals surface area (Å²) < 4.78 is 7.74. The van der Waals surface area contributed by atoms with Crippen molar-refractivity contribution >= 4 is 5.91 Å². The Labute approximate surface area is 133 Å². The fourth-order valence-corrected chi connectivity index (χ4v) is 3.39. The van der Waals surface area contributed by atoms with Crippen LogP contribution < -0.4 is 0 Å². The normalized spacial score (nSPS) is 23.3. The second kappa shape index (κ2) is 5.34. The van der Waals surface area contributed by atoms with Gasteiger partial charge in [-0.25, -0.2) is 4.68 Å². The first-order valence-corrected chi connectivity index (χ1v) is 7.73. The third-order valence-electron chi connectivity index (χ3n) is 4.75. The maximum atomic E-state index is 12.8. The van der Waals surface area contributed by atoms with E-state index in [-0.39, 0.29) is 23.8 Å². The summed E-state index contributed by atoms with van der Waals surface area (Å²) in [5, 5.41) is 17.9. The predicted octanol–water partition coefficient (Wildman–Crippen LogP) is 1.28. The lowest BCUT2D eigenvalue weighted by Crippen LogP contribution is -2.50. The molecule has 23 heavy (non-hydrogen) atoms. The maximum Gasteiger partial charge on any atom is 0.254 e. The Morgan fingerprint density at radius 3 is 3.17 bits per heavy atom. The molecule has 1 amide bonds. The number of amides is 1. The van der Waals surface area contributed by atoms with E-state index in [0.717, 1.165) is 12.1 Å². The van der Waals surface area contributed by atoms with E-state index in [9.17, 15) is 9.90 Å². The molecule has 120 valence electrons. The van der Waals surface area contributed by atoms with Crippen LogP contribution in [0.3, 0.4) is 0 Å². The van der Waals surface area contributed by atoms with Gasteiger partial charge in [0.15, 0.2) is 0 Å². The lowest BCUT2D eigenvalue weighted by atomic mass is 9.98. The van der Waals surface area contributed by atoms with Crippen molar-refractivity contribution in [1.82, 2.24) is 19.9 Å². The van der Waals surface area contributed by atoms with Crippen LogP contribution in [0.1, 0.15) is 34.1 Å². The number of fused-ring (bicyclic) bond motifs is 3. The molecule has 1 N–H and O–H groups in total. The predicted molar refractivity (Wildman–Crippen MR) is 81.0 cm³/mol. The Bertz CT molecular complexity index is 758. The summed E-state index contributed by atoms with van der Waals surface area (Å²) in [6.45, 7) is 3.45. The molecule has 7 heteroatoms. The van der Waals surface area contributed by atoms with Crippen LogP contribution in [0.25, 0.3) is 0 Å². The van der Waals surface area contributed by atoms with Crippen LogP contribution in [-0.2, 0) is 11.3 Å². The van der Waals surface area contributed by atoms with Gasteiger partial charge in [0.1, 0.15) is 5.75 Å². The van der Waals surface area contributed by atoms with Gasteiger partial charge in [-0.1, -0.05) is 11.3 Å². The average Bonchev–Trinajstić information content (AvgIpc) is 3.05. The second-order valence-electron chi connectivity index (χ2n) is 6.08. The van der Waals surface area contributed by atoms with Crippen molar-refractivity contribution in [2.24, 2.45) is 0 Å². The molecule has 7 nitrogen and oxygen atoms in total. The fourth-order valence-electron chi connectivity index (χ4n) is 3.39. The molecule has 0 bridgehead atoms. The number of ether oxygens (including phenoxy) is 1. The Kier molecular flexibility index (Phi) is 3.30. The van der Waals surface area contributed by atoms with E-state index >= 15 is 0 Å². The largest absolute Gasteiger partial charge is 0.508 e. The Morgan fingerprint density at radius 1 is 1.43 bits per heavy atom. The van der Waals surface area contributed by atoms with Crippen LogP contribution in [0, 0.1) is 6.92 Å². The summed E-state index contributed by atoms with van der Waals surface area (Å²) in [7, 11) is 0. The van der Waals surface area contributed by atoms with Crippen molar-refractivity contribution in [2.75, 3.05) is 13.1 Å². The molecule has 1 fully saturated rings. The number of aromatic hydroxyl groups is 1. The van der Waals surface area contributed by atoms with Gasteiger partial charge in [-0.05, 0) is 25.5 Å². The molecular weight excluding hydrogens is 296 g/mol. The SMILES string of the molecule is Cc1c(O)cccc1C(=O)N1CC[C@H]2OCc3cnnn3[C@@H]2C1. The molecule has 1 aromatic heterocycles. The maximum absolute atomic E-state index is 12.8. The lowest BCUT2D eigenvalue weighted by Gasteiger charge is -2.41. The van der Waals surface area contributed by atoms with Crippen LogP contribution in [0.2, 0.25) is 0 Å². The molecule has 0 saturated carbocycles. The number of benzene rings is 1. The van der Waals surface area contributed by atoms with E-state index in [1.165, 1.54) is 0 Å². The topological polar surface area (TPSA) is 80.5 Å². The molecule has 0 aliphatic carbocycles. The summed E-state index contributed by atoms with van der Waals surface area (Å²) in [6, 6.07) is 5.04. The monoisotopic (exact) mass is 314 g/mol. The highest BCUT2D eigenvalue weighted by atomic mass is 16.5. The van der Waals surface area contributed by atoms with Gasteiger partial charge in [-0.3, -0.25) is 4.79 Å². The fraction of sp³-hybridized carbons (Fsp3) is 0.438. The molecular formula is C16H18N4O3. The molecule has 0 spiro atoms. The first-order valence-electron chi connectivity index (χ1n) is 7.73. The van der Waals surface area contributed by atoms with Crippen LogP contribution in [0.4, 0.5) is 0 Å². The smallest absolute Gasteiger partial charge is 0.254 e. The number of phenols is 1. The first-order chi connectivity index (χ1) is 11.1. The van der Waals surface area contributed by atoms with Crippen LogP contribution in [0.15, 0.2) is 24.4 Å². The zero-order chi connectivity index (χ0) is 16.0. The molecule has 2 atom stereocenters. The van der Waals surface area contributed by atoms with Gasteiger partial charge in [0, 0.05) is 24.2 Å². The number of likely N-dealkylation sites (tertiary alicyclic amines) is 1. The van der Waals surface area contributed by atoms with E-state index in [1.807, 2.05) is 9.58 Å². The summed E-state index contributed by atoms with van der Waals surface area (Å²) >= 11 is 0. The minimum atomic E-state index is -0.0657. The van der Waals surface area contributed by atoms with Gasteiger partial charge in [0.25, 0.3) is 5.91 Å². The molecule has 4 rings (SSSR count). The van der Waals surface area contributed by atoms with Gasteiger partial charge in [0.2, 0.25) is 0 Å². The molecule has 0 radical (unpaired) electrons. The Balaban J connectivity index is 1.60. The number of carbonyl (C=O) groups is 1. The highest BCUT2D eigenvalue weighted by Gasteiger charge is 2.38. The summed E-state index contributed by atoms with van der Waals surface area (Å²) in [5.74, 6) is 0.0781. The molecule has 2 aliphatic heterocycles. The number of nitrogens with zero attached hydrogens (tertiary/aromatic N) is 4. The molecule has 2 aliphatic rings. The third kappa shape index (κ3) is 2.28. The summed E-state index contributed by atoms with van der Waals surface area (Å²) in [4.78, 5) is 14.6. The van der Waals surface area contributed by atoms with Crippen molar-refractivity contribution in [3.63, 3.8) is 0 Å². The van der Waals surface area contributed by atoms with E-state index in [4.69, 9.17) is 4.74 Å². The van der Waals surface area contributed by atoms with Crippen molar-refractivity contribution in [1.29, 1.82) is 0 Å². The second-order valence-corrected chi connectivity index (χ2v) is 6.08. The van der Waals surface area contributed by atoms with E-state index in [2.05, 4.69) is 10.3 Å². The van der Waals surface area contributed by atoms with Crippen molar-refractivity contribution in [3.05, 3.63) is 41.2 Å². The number of piperidine rings is 1. The van der Waals surface area contributed by atoms with Crippen molar-refractivity contribution in [2.45, 2.75) is 32.1 Å². The van der Waals surface area contributed by atoms with Gasteiger partial charge < -0.3 is 14.7 Å². The first kappa shape index (κ1) is 14.2. The van der Waals surface area contributed by atoms with Crippen molar-refractivity contribution < 1.29 is 14.6 Å². The Hall–Kier alpha value is -2.41. The number of carbonyl (C=O) groups excluding carboxylic acids is 1. The third-order valence-corrected chi connectivity index (χ3v) is 4.75. The van der Waals surface area contributed by atoms with Gasteiger partial charge >= 0.3 is 0 Å². The lowest BCUT2D eigenvalue weighted by molar-refractivity contribution is -0.0605. The zero-order valence-electron chi connectivity index (χ0n) is 12.8. The zero-order valence-corrected chi connectivity index (χ0v) is 12.8. The molecule has 1 saturated heterocycles. The van der Waals surface area contributed by atoms with E-state index in [1.54, 1.807) is 31.3 Å². The molecule has 0 unspecified atom stereocenters. The van der Waals surface area contributed by atoms with Crippen molar-refractivity contribution in [3.8, 4) is 5.75 Å². The van der Waals surface area contributed by atoms with Gasteiger partial charge in [-0.15, -0.1) is 5.10 Å². The minimum Gasteiger partial charge on any atom is -0.508 e. The number of phenolic OH excluding ortho intramolecular Hbond substituents is 1. The highest BCUT2D eigenvalue weighted by molar-refractivity contribution is 5.96. The van der Waals surface area contributed by atoms with Crippen LogP contribution in [0.5, 0.6) is 5.75 Å². The number of hydrogen-bond donors (Lipinski definition) is 1. The van der Waals surface area contributed by atoms with E-state index in [0.29, 0.717) is 30.8 Å². The molecule has 3 heterocycles. The average molecular weight is 314 g/mol. The standard InChI is InChI=1S/C16H18N4O3/c1-10-12(3-2-4-14(10)21)16(22)19-6-5-15-13(8-19)20-11(9-23-15)7-17-18-20/h2-4,7,13,15,21H,5-6,8-9H2,1H3/t13-,15-/m1/s1. The number of hydrogen-bond acceptors (Lipinski definition) is 5. The quantitative estimate of drug-likeness (QED) is 0.857. The molecule has 1 aromatic carbocycles. The summed E-state index contributed by atoms with van der Waals surface area (Å²) in [6.07, 6.45) is 2.54. The van der Waals surface area contributed by atoms with Gasteiger partial charge in [-0.2, -0.15) is 0 Å². The summed E-state index contributed by atoms with van der Waals surface area (Å²) in [5.41, 5.74) is 2.09. The Morgan fingerprint density at radius 2 is 2.30 bits per heavy atom. The van der Waals surface area contributed by atoms with Gasteiger partial charge in [0.05, 0.1) is 30.6 Å². The number of aromatic nitrogens is 3. The molecule has 2 aromatic rings. The van der Waals surface area contributed by atoms with Crippen LogP contribution in [-0.4, -0.2) is 50.1 Å². The minimum absolute atomic E-state index is 0.00318. The number of rotatable bonds is 1. The van der Waals surface area contributed by atoms with E-state index < -0.39 is 0 Å². The van der Waals surface area contributed by atoms with Crippen LogP contribution >= 0.6 is 0 Å².